The van der Waals surface area contributed by atoms with E-state index in [0.29, 0.717) is 29.0 Å². The maximum Gasteiger partial charge on any atom is 0.410 e. The van der Waals surface area contributed by atoms with Gasteiger partial charge in [0.2, 0.25) is 0 Å². The molecule has 10 heteroatoms. The van der Waals surface area contributed by atoms with E-state index in [-0.39, 0.29) is 10.4 Å². The van der Waals surface area contributed by atoms with Crippen LogP contribution in [0.25, 0.3) is 12.2 Å². The highest BCUT2D eigenvalue weighted by molar-refractivity contribution is 7.87. The molecule has 1 heterocycles. The van der Waals surface area contributed by atoms with Gasteiger partial charge in [-0.25, -0.2) is 4.39 Å². The Bertz CT molecular complexity index is 1320. The Balaban J connectivity index is 2.01. The predicted octanol–water partition coefficient (Wildman–Crippen LogP) is 3.98. The van der Waals surface area contributed by atoms with Gasteiger partial charge in [-0.3, -0.25) is 9.08 Å². The second-order valence-electron chi connectivity index (χ2n) is 6.72. The van der Waals surface area contributed by atoms with Crippen molar-refractivity contribution in [3.8, 4) is 5.75 Å². The normalized spacial score (nSPS) is 12.2. The van der Waals surface area contributed by atoms with Crippen molar-refractivity contribution in [3.63, 3.8) is 0 Å². The van der Waals surface area contributed by atoms with Crippen molar-refractivity contribution >= 4 is 22.3 Å². The summed E-state index contributed by atoms with van der Waals surface area (Å²) in [6.45, 7) is 1.57. The van der Waals surface area contributed by atoms with Crippen LogP contribution in [0.2, 0.25) is 0 Å². The van der Waals surface area contributed by atoms with Crippen LogP contribution < -0.4 is 14.6 Å². The quantitative estimate of drug-likeness (QED) is 0.528. The maximum atomic E-state index is 14.6. The van der Waals surface area contributed by atoms with Gasteiger partial charge < -0.3 is 4.74 Å². The number of alkyl halides is 2. The zero-order valence-electron chi connectivity index (χ0n) is 17.0. The molecule has 0 aliphatic heterocycles. The van der Waals surface area contributed by atoms with Gasteiger partial charge in [0, 0.05) is 6.07 Å². The Kier molecular flexibility index (Phi) is 6.45. The van der Waals surface area contributed by atoms with Crippen molar-refractivity contribution in [2.24, 2.45) is 0 Å². The second-order valence-corrected chi connectivity index (χ2v) is 8.29. The first-order valence-electron chi connectivity index (χ1n) is 9.18. The molecule has 0 fully saturated rings. The molecule has 0 saturated carbocycles. The average Bonchev–Trinajstić information content (AvgIpc) is 2.74. The number of ether oxygens (including phenoxy) is 1. The number of benzene rings is 2. The molecule has 6 nitrogen and oxygen atoms in total. The van der Waals surface area contributed by atoms with Gasteiger partial charge in [-0.05, 0) is 54.5 Å². The summed E-state index contributed by atoms with van der Waals surface area (Å²) in [5.41, 5.74) is -1.39. The molecule has 0 N–H and O–H groups in total. The monoisotopic (exact) mass is 465 g/mol. The van der Waals surface area contributed by atoms with Gasteiger partial charge in [-0.2, -0.15) is 17.2 Å². The molecule has 1 aromatic heterocycles. The molecular weight excluding hydrogens is 447 g/mol. The van der Waals surface area contributed by atoms with Gasteiger partial charge >= 0.3 is 15.4 Å². The van der Waals surface area contributed by atoms with Crippen LogP contribution in [-0.4, -0.2) is 20.3 Å². The van der Waals surface area contributed by atoms with Crippen LogP contribution in [0.3, 0.4) is 0 Å². The number of nitrogens with zero attached hydrogens (tertiary/aromatic N) is 1. The van der Waals surface area contributed by atoms with Crippen molar-refractivity contribution in [2.45, 2.75) is 12.2 Å². The third kappa shape index (κ3) is 4.70. The fraction of sp³-hybridized carbons (Fsp3) is 0.136. The van der Waals surface area contributed by atoms with Gasteiger partial charge in [0.1, 0.15) is 11.6 Å². The van der Waals surface area contributed by atoms with E-state index in [4.69, 9.17) is 4.74 Å². The van der Waals surface area contributed by atoms with Crippen molar-refractivity contribution in [1.29, 1.82) is 0 Å². The highest BCUT2D eigenvalue weighted by Gasteiger charge is 2.51. The molecule has 0 aliphatic carbocycles. The molecule has 0 unspecified atom stereocenters. The topological polar surface area (TPSA) is 74.6 Å². The van der Waals surface area contributed by atoms with Crippen LogP contribution in [0.15, 0.2) is 65.5 Å². The summed E-state index contributed by atoms with van der Waals surface area (Å²) in [4.78, 5) is 12.4. The summed E-state index contributed by atoms with van der Waals surface area (Å²) in [5, 5.41) is -4.75. The van der Waals surface area contributed by atoms with Crippen molar-refractivity contribution in [1.82, 2.24) is 4.73 Å². The number of aromatic nitrogens is 1. The van der Waals surface area contributed by atoms with E-state index in [0.717, 1.165) is 18.2 Å². The third-order valence-electron chi connectivity index (χ3n) is 4.40. The minimum atomic E-state index is -5.80. The van der Waals surface area contributed by atoms with Crippen LogP contribution in [0, 0.1) is 12.7 Å². The Hall–Kier alpha value is -3.53. The maximum absolute atomic E-state index is 14.6. The van der Waals surface area contributed by atoms with Crippen LogP contribution >= 0.6 is 0 Å². The second kappa shape index (κ2) is 8.91. The van der Waals surface area contributed by atoms with Crippen LogP contribution in [0.1, 0.15) is 22.4 Å². The largest absolute Gasteiger partial charge is 0.497 e. The van der Waals surface area contributed by atoms with Gasteiger partial charge in [-0.15, -0.1) is 4.73 Å². The first-order valence-corrected chi connectivity index (χ1v) is 10.6. The molecule has 3 aromatic rings. The molecule has 0 atom stereocenters. The number of hydrogen-bond donors (Lipinski definition) is 0. The van der Waals surface area contributed by atoms with Crippen LogP contribution in [0.4, 0.5) is 13.2 Å². The molecule has 32 heavy (non-hydrogen) atoms. The van der Waals surface area contributed by atoms with E-state index in [2.05, 4.69) is 4.28 Å². The van der Waals surface area contributed by atoms with E-state index in [1.807, 2.05) is 0 Å². The summed E-state index contributed by atoms with van der Waals surface area (Å²) < 4.78 is 77.7. The average molecular weight is 465 g/mol. The lowest BCUT2D eigenvalue weighted by Gasteiger charge is -2.19. The SMILES string of the molecule is COc1ccc(C=Cc2cc(C)cc(=O)n2OS(=O)(=O)C(F)(F)c2ccccc2F)cc1. The molecule has 0 radical (unpaired) electrons. The Morgan fingerprint density at radius 3 is 2.28 bits per heavy atom. The molecule has 0 spiro atoms. The van der Waals surface area contributed by atoms with E-state index < -0.39 is 32.3 Å². The fourth-order valence-corrected chi connectivity index (χ4v) is 3.67. The summed E-state index contributed by atoms with van der Waals surface area (Å²) in [5.74, 6) is -0.819. The number of aryl methyl sites for hydroxylation is 1. The molecule has 0 aliphatic rings. The number of hydrogen-bond acceptors (Lipinski definition) is 5. The molecule has 0 amide bonds. The van der Waals surface area contributed by atoms with Crippen molar-refractivity contribution in [3.05, 3.63) is 99.2 Å². The zero-order chi connectivity index (χ0) is 23.5. The zero-order valence-corrected chi connectivity index (χ0v) is 17.8. The lowest BCUT2D eigenvalue weighted by molar-refractivity contribution is 0.0645. The van der Waals surface area contributed by atoms with E-state index in [9.17, 15) is 26.4 Å². The summed E-state index contributed by atoms with van der Waals surface area (Å²) in [6.07, 6.45) is 2.85. The van der Waals surface area contributed by atoms with Crippen LogP contribution in [0.5, 0.6) is 5.75 Å². The first kappa shape index (κ1) is 23.1. The summed E-state index contributed by atoms with van der Waals surface area (Å²) in [7, 11) is -4.29. The molecule has 0 saturated heterocycles. The minimum Gasteiger partial charge on any atom is -0.497 e. The van der Waals surface area contributed by atoms with Gasteiger partial charge in [0.25, 0.3) is 5.56 Å². The predicted molar refractivity (Wildman–Crippen MR) is 113 cm³/mol. The number of rotatable bonds is 7. The summed E-state index contributed by atoms with van der Waals surface area (Å²) in [6, 6.07) is 12.6. The van der Waals surface area contributed by atoms with Gasteiger partial charge in [-0.1, -0.05) is 30.3 Å². The molecule has 2 aromatic carbocycles. The first-order chi connectivity index (χ1) is 15.0. The van der Waals surface area contributed by atoms with Crippen molar-refractivity contribution < 1.29 is 30.6 Å². The van der Waals surface area contributed by atoms with Gasteiger partial charge in [0.05, 0.1) is 18.4 Å². The van der Waals surface area contributed by atoms with E-state index in [1.165, 1.54) is 25.3 Å². The smallest absolute Gasteiger partial charge is 0.410 e. The fourth-order valence-electron chi connectivity index (χ4n) is 2.78. The molecule has 3 rings (SSSR count). The lowest BCUT2D eigenvalue weighted by atomic mass is 10.1. The highest BCUT2D eigenvalue weighted by atomic mass is 32.2. The highest BCUT2D eigenvalue weighted by Crippen LogP contribution is 2.35. The molecule has 168 valence electrons. The number of halogens is 3. The third-order valence-corrected chi connectivity index (χ3v) is 5.59. The number of methoxy groups -OCH3 is 1. The molecule has 0 bridgehead atoms. The lowest BCUT2D eigenvalue weighted by Crippen LogP contribution is -2.40. The summed E-state index contributed by atoms with van der Waals surface area (Å²) >= 11 is 0. The van der Waals surface area contributed by atoms with E-state index in [1.54, 1.807) is 31.2 Å². The Morgan fingerprint density at radius 1 is 1.00 bits per heavy atom. The van der Waals surface area contributed by atoms with Crippen molar-refractivity contribution in [2.75, 3.05) is 7.11 Å². The molecular formula is C22H18F3NO5S. The van der Waals surface area contributed by atoms with E-state index >= 15 is 0 Å². The number of pyridine rings is 1. The Morgan fingerprint density at radius 2 is 1.66 bits per heavy atom. The minimum absolute atomic E-state index is 0.112. The van der Waals surface area contributed by atoms with Crippen LogP contribution in [-0.2, 0) is 15.4 Å². The Labute approximate surface area is 182 Å². The van der Waals surface area contributed by atoms with Gasteiger partial charge in [0.15, 0.2) is 0 Å². The standard InChI is InChI=1S/C22H18F3NO5S/c1-15-13-17(10-7-16-8-11-18(30-2)12-9-16)26(21(27)14-15)31-32(28,29)22(24,25)19-5-3-4-6-20(19)23/h3-14H,1-2H3.